The quantitative estimate of drug-likeness (QED) is 0.638. The molecule has 19 heavy (non-hydrogen) atoms. The Balaban J connectivity index is 2.58. The lowest BCUT2D eigenvalue weighted by molar-refractivity contribution is 0.396. The molecule has 0 aliphatic carbocycles. The number of methoxy groups -OCH3 is 1. The highest BCUT2D eigenvalue weighted by atomic mass is 79.9. The van der Waals surface area contributed by atoms with Crippen molar-refractivity contribution in [3.63, 3.8) is 0 Å². The van der Waals surface area contributed by atoms with E-state index in [4.69, 9.17) is 4.74 Å². The molecule has 2 nitrogen and oxygen atoms in total. The van der Waals surface area contributed by atoms with Gasteiger partial charge in [-0.05, 0) is 25.6 Å². The smallest absolute Gasteiger partial charge is 0.124 e. The minimum absolute atomic E-state index is 0.379. The molecule has 0 saturated carbocycles. The summed E-state index contributed by atoms with van der Waals surface area (Å²) in [5, 5.41) is 3.41. The summed E-state index contributed by atoms with van der Waals surface area (Å²) in [5.74, 6) is 0.960. The second kappa shape index (κ2) is 9.38. The Bertz CT molecular complexity index is 368. The molecule has 0 aliphatic heterocycles. The minimum atomic E-state index is 0.379. The van der Waals surface area contributed by atoms with Crippen molar-refractivity contribution in [3.05, 3.63) is 28.2 Å². The molecule has 3 heteroatoms. The number of hydrogen-bond acceptors (Lipinski definition) is 2. The number of nitrogens with one attached hydrogen (secondary N) is 1. The summed E-state index contributed by atoms with van der Waals surface area (Å²) in [7, 11) is 3.76. The largest absolute Gasteiger partial charge is 0.496 e. The maximum Gasteiger partial charge on any atom is 0.124 e. The first kappa shape index (κ1) is 16.5. The molecule has 0 amide bonds. The molecule has 0 saturated heterocycles. The van der Waals surface area contributed by atoms with Gasteiger partial charge in [-0.25, -0.2) is 0 Å². The molecule has 1 aromatic carbocycles. The highest BCUT2D eigenvalue weighted by Gasteiger charge is 2.14. The number of benzene rings is 1. The minimum Gasteiger partial charge on any atom is -0.496 e. The van der Waals surface area contributed by atoms with Gasteiger partial charge in [0.25, 0.3) is 0 Å². The van der Waals surface area contributed by atoms with Gasteiger partial charge in [0.2, 0.25) is 0 Å². The third-order valence-electron chi connectivity index (χ3n) is 3.52. The van der Waals surface area contributed by atoms with E-state index in [1.165, 1.54) is 37.7 Å². The zero-order valence-corrected chi connectivity index (χ0v) is 13.9. The van der Waals surface area contributed by atoms with E-state index < -0.39 is 0 Å². The Morgan fingerprint density at radius 3 is 2.58 bits per heavy atom. The molecular formula is C16H26BrNO. The van der Waals surface area contributed by atoms with E-state index in [0.29, 0.717) is 6.04 Å². The number of ether oxygens (including phenoxy) is 1. The summed E-state index contributed by atoms with van der Waals surface area (Å²) in [5.41, 5.74) is 1.25. The van der Waals surface area contributed by atoms with E-state index in [0.717, 1.165) is 16.6 Å². The molecular weight excluding hydrogens is 302 g/mol. The van der Waals surface area contributed by atoms with Gasteiger partial charge in [0.1, 0.15) is 5.75 Å². The van der Waals surface area contributed by atoms with Crippen LogP contribution in [0.5, 0.6) is 5.75 Å². The zero-order valence-electron chi connectivity index (χ0n) is 12.3. The molecule has 0 bridgehead atoms. The van der Waals surface area contributed by atoms with Crippen LogP contribution in [0.15, 0.2) is 22.7 Å². The van der Waals surface area contributed by atoms with Crippen molar-refractivity contribution in [3.8, 4) is 5.75 Å². The van der Waals surface area contributed by atoms with Gasteiger partial charge in [0.15, 0.2) is 0 Å². The van der Waals surface area contributed by atoms with Crippen LogP contribution in [-0.4, -0.2) is 14.2 Å². The summed E-state index contributed by atoms with van der Waals surface area (Å²) < 4.78 is 6.54. The third kappa shape index (κ3) is 5.53. The first-order chi connectivity index (χ1) is 9.22. The lowest BCUT2D eigenvalue weighted by atomic mass is 9.99. The number of unbranched alkanes of at least 4 members (excludes halogenated alkanes) is 4. The molecule has 0 aliphatic rings. The summed E-state index contributed by atoms with van der Waals surface area (Å²) in [6, 6.07) is 6.65. The SMILES string of the molecule is CCCCCCCC(NC)c1ccc(Br)cc1OC. The first-order valence-electron chi connectivity index (χ1n) is 7.23. The van der Waals surface area contributed by atoms with E-state index in [1.54, 1.807) is 7.11 Å². The average Bonchev–Trinajstić information content (AvgIpc) is 2.43. The summed E-state index contributed by atoms with van der Waals surface area (Å²) >= 11 is 3.49. The van der Waals surface area contributed by atoms with Gasteiger partial charge >= 0.3 is 0 Å². The van der Waals surface area contributed by atoms with Crippen LogP contribution >= 0.6 is 15.9 Å². The van der Waals surface area contributed by atoms with Gasteiger partial charge < -0.3 is 10.1 Å². The van der Waals surface area contributed by atoms with Crippen LogP contribution in [-0.2, 0) is 0 Å². The van der Waals surface area contributed by atoms with Gasteiger partial charge in [0.05, 0.1) is 7.11 Å². The fourth-order valence-electron chi connectivity index (χ4n) is 2.38. The van der Waals surface area contributed by atoms with Crippen LogP contribution < -0.4 is 10.1 Å². The molecule has 1 N–H and O–H groups in total. The topological polar surface area (TPSA) is 21.3 Å². The summed E-state index contributed by atoms with van der Waals surface area (Å²) in [4.78, 5) is 0. The predicted molar refractivity (Wildman–Crippen MR) is 85.9 cm³/mol. The lowest BCUT2D eigenvalue weighted by Gasteiger charge is -2.19. The maximum absolute atomic E-state index is 5.48. The summed E-state index contributed by atoms with van der Waals surface area (Å²) in [6.07, 6.45) is 7.76. The Hall–Kier alpha value is -0.540. The molecule has 1 rings (SSSR count). The standard InChI is InChI=1S/C16H26BrNO/c1-4-5-6-7-8-9-15(18-2)14-11-10-13(17)12-16(14)19-3/h10-12,15,18H,4-9H2,1-3H3. The van der Waals surface area contributed by atoms with Crippen LogP contribution in [0.2, 0.25) is 0 Å². The molecule has 0 aromatic heterocycles. The molecule has 0 heterocycles. The fourth-order valence-corrected chi connectivity index (χ4v) is 2.72. The third-order valence-corrected chi connectivity index (χ3v) is 4.01. The molecule has 0 radical (unpaired) electrons. The van der Waals surface area contributed by atoms with E-state index >= 15 is 0 Å². The van der Waals surface area contributed by atoms with Gasteiger partial charge in [-0.3, -0.25) is 0 Å². The van der Waals surface area contributed by atoms with Crippen molar-refractivity contribution in [1.82, 2.24) is 5.32 Å². The predicted octanol–water partition coefficient (Wildman–Crippen LogP) is 5.08. The van der Waals surface area contributed by atoms with Crippen LogP contribution in [0.3, 0.4) is 0 Å². The van der Waals surface area contributed by atoms with E-state index in [-0.39, 0.29) is 0 Å². The van der Waals surface area contributed by atoms with E-state index in [2.05, 4.69) is 40.3 Å². The lowest BCUT2D eigenvalue weighted by Crippen LogP contribution is -2.17. The molecule has 1 aromatic rings. The average molecular weight is 328 g/mol. The van der Waals surface area contributed by atoms with Crippen LogP contribution in [0.4, 0.5) is 0 Å². The second-order valence-corrected chi connectivity index (χ2v) is 5.85. The first-order valence-corrected chi connectivity index (χ1v) is 8.03. The number of halogens is 1. The van der Waals surface area contributed by atoms with Crippen molar-refractivity contribution in [2.75, 3.05) is 14.2 Å². The van der Waals surface area contributed by atoms with Crippen molar-refractivity contribution >= 4 is 15.9 Å². The molecule has 1 atom stereocenters. The zero-order chi connectivity index (χ0) is 14.1. The second-order valence-electron chi connectivity index (χ2n) is 4.93. The highest BCUT2D eigenvalue weighted by Crippen LogP contribution is 2.31. The number of rotatable bonds is 9. The van der Waals surface area contributed by atoms with E-state index in [1.807, 2.05) is 13.1 Å². The molecule has 108 valence electrons. The van der Waals surface area contributed by atoms with Gasteiger partial charge in [-0.15, -0.1) is 0 Å². The molecule has 1 unspecified atom stereocenters. The maximum atomic E-state index is 5.48. The molecule has 0 fully saturated rings. The Morgan fingerprint density at radius 1 is 1.21 bits per heavy atom. The number of hydrogen-bond donors (Lipinski definition) is 1. The van der Waals surface area contributed by atoms with E-state index in [9.17, 15) is 0 Å². The fraction of sp³-hybridized carbons (Fsp3) is 0.625. The van der Waals surface area contributed by atoms with Crippen LogP contribution in [0, 0.1) is 0 Å². The van der Waals surface area contributed by atoms with Crippen molar-refractivity contribution in [2.24, 2.45) is 0 Å². The Labute approximate surface area is 126 Å². The van der Waals surface area contributed by atoms with Crippen molar-refractivity contribution in [1.29, 1.82) is 0 Å². The van der Waals surface area contributed by atoms with Crippen molar-refractivity contribution < 1.29 is 4.74 Å². The van der Waals surface area contributed by atoms with Crippen LogP contribution in [0.1, 0.15) is 57.1 Å². The van der Waals surface area contributed by atoms with Gasteiger partial charge in [-0.2, -0.15) is 0 Å². The van der Waals surface area contributed by atoms with Crippen LogP contribution in [0.25, 0.3) is 0 Å². The van der Waals surface area contributed by atoms with Crippen molar-refractivity contribution in [2.45, 2.75) is 51.5 Å². The monoisotopic (exact) mass is 327 g/mol. The Kier molecular flexibility index (Phi) is 8.15. The normalized spacial score (nSPS) is 12.4. The summed E-state index contributed by atoms with van der Waals surface area (Å²) in [6.45, 7) is 2.25. The van der Waals surface area contributed by atoms with Gasteiger partial charge in [0, 0.05) is 16.1 Å². The molecule has 0 spiro atoms. The highest BCUT2D eigenvalue weighted by molar-refractivity contribution is 9.10. The Morgan fingerprint density at radius 2 is 1.95 bits per heavy atom. The van der Waals surface area contributed by atoms with Gasteiger partial charge in [-0.1, -0.05) is 61.0 Å².